The fraction of sp³-hybridized carbons (Fsp3) is 0.0769. The van der Waals surface area contributed by atoms with Crippen molar-refractivity contribution in [2.75, 3.05) is 0 Å². The molecule has 0 aliphatic carbocycles. The molecule has 0 heterocycles. The first-order valence-electron chi connectivity index (χ1n) is 4.46. The minimum atomic E-state index is -0.110. The van der Waals surface area contributed by atoms with Crippen LogP contribution in [0.25, 0.3) is 0 Å². The van der Waals surface area contributed by atoms with Gasteiger partial charge in [0, 0.05) is 0 Å². The summed E-state index contributed by atoms with van der Waals surface area (Å²) in [6.45, 7) is -0.110. The molecule has 2 rings (SSSR count). The van der Waals surface area contributed by atoms with Crippen molar-refractivity contribution in [2.24, 2.45) is 0 Å². The molecule has 0 spiro atoms. The first-order valence-corrected chi connectivity index (χ1v) is 4.46. The molecular formula is C13H12MgO. The van der Waals surface area contributed by atoms with Gasteiger partial charge in [-0.3, -0.25) is 0 Å². The van der Waals surface area contributed by atoms with Crippen molar-refractivity contribution in [3.63, 3.8) is 0 Å². The van der Waals surface area contributed by atoms with E-state index in [1.165, 1.54) is 0 Å². The third-order valence-corrected chi connectivity index (χ3v) is 1.62. The van der Waals surface area contributed by atoms with Gasteiger partial charge in [-0.15, -0.1) is 6.61 Å². The molecule has 0 aliphatic heterocycles. The molecule has 1 nitrogen and oxygen atoms in total. The van der Waals surface area contributed by atoms with E-state index in [4.69, 9.17) is 0 Å². The van der Waals surface area contributed by atoms with Gasteiger partial charge in [-0.25, -0.2) is 0 Å². The van der Waals surface area contributed by atoms with Crippen LogP contribution in [0.5, 0.6) is 0 Å². The van der Waals surface area contributed by atoms with Crippen molar-refractivity contribution < 1.29 is 5.11 Å². The van der Waals surface area contributed by atoms with Gasteiger partial charge in [-0.05, 0) is 0 Å². The van der Waals surface area contributed by atoms with Crippen LogP contribution in [-0.2, 0) is 6.61 Å². The van der Waals surface area contributed by atoms with Crippen LogP contribution in [0.15, 0.2) is 60.7 Å². The second-order valence-electron chi connectivity index (χ2n) is 2.71. The van der Waals surface area contributed by atoms with Crippen LogP contribution >= 0.6 is 0 Å². The molecule has 2 heteroatoms. The van der Waals surface area contributed by atoms with Crippen molar-refractivity contribution >= 4 is 23.1 Å². The van der Waals surface area contributed by atoms with E-state index in [0.717, 1.165) is 5.56 Å². The SMILES string of the molecule is [Mg+2].[O-]Cc1ccccc1.[c-]1ccccc1. The number of rotatable bonds is 1. The molecular weight excluding hydrogens is 196 g/mol. The minimum absolute atomic E-state index is 0. The summed E-state index contributed by atoms with van der Waals surface area (Å²) in [6, 6.07) is 21.8. The van der Waals surface area contributed by atoms with E-state index in [1.807, 2.05) is 60.7 Å². The average Bonchev–Trinajstić information content (AvgIpc) is 2.33. The zero-order chi connectivity index (χ0) is 10.1. The maximum Gasteiger partial charge on any atom is 2.00 e. The zero-order valence-electron chi connectivity index (χ0n) is 8.60. The van der Waals surface area contributed by atoms with Crippen LogP contribution in [-0.4, -0.2) is 23.1 Å². The third kappa shape index (κ3) is 7.14. The minimum Gasteiger partial charge on any atom is -0.851 e. The Balaban J connectivity index is 0.000000253. The summed E-state index contributed by atoms with van der Waals surface area (Å²) in [5.41, 5.74) is 0.854. The third-order valence-electron chi connectivity index (χ3n) is 1.62. The Morgan fingerprint density at radius 2 is 1.40 bits per heavy atom. The Labute approximate surface area is 107 Å². The van der Waals surface area contributed by atoms with Gasteiger partial charge in [-0.1, -0.05) is 35.9 Å². The largest absolute Gasteiger partial charge is 2.00 e. The van der Waals surface area contributed by atoms with Crippen LogP contribution in [0.2, 0.25) is 0 Å². The predicted octanol–water partition coefficient (Wildman–Crippen LogP) is 1.65. The standard InChI is InChI=1S/C7H7O.C6H5.Mg/c8-6-7-4-2-1-3-5-7;1-2-4-6-5-3-1;/h1-5H,6H2;1-5H;/q2*-1;+2. The predicted molar refractivity (Wildman–Crippen MR) is 61.2 cm³/mol. The molecule has 15 heavy (non-hydrogen) atoms. The van der Waals surface area contributed by atoms with Crippen molar-refractivity contribution in [1.29, 1.82) is 0 Å². The van der Waals surface area contributed by atoms with E-state index in [-0.39, 0.29) is 29.7 Å². The van der Waals surface area contributed by atoms with Crippen LogP contribution in [0, 0.1) is 6.07 Å². The van der Waals surface area contributed by atoms with Gasteiger partial charge < -0.3 is 5.11 Å². The van der Waals surface area contributed by atoms with Crippen LogP contribution in [0.1, 0.15) is 5.56 Å². The van der Waals surface area contributed by atoms with Crippen molar-refractivity contribution in [3.05, 3.63) is 72.3 Å². The number of hydrogen-bond acceptors (Lipinski definition) is 1. The monoisotopic (exact) mass is 208 g/mol. The summed E-state index contributed by atoms with van der Waals surface area (Å²) >= 11 is 0. The molecule has 0 fully saturated rings. The molecule has 72 valence electrons. The normalized spacial score (nSPS) is 8.07. The van der Waals surface area contributed by atoms with Crippen molar-refractivity contribution in [3.8, 4) is 0 Å². The number of benzene rings is 2. The number of hydrogen-bond donors (Lipinski definition) is 0. The maximum absolute atomic E-state index is 10.1. The second kappa shape index (κ2) is 9.71. The summed E-state index contributed by atoms with van der Waals surface area (Å²) in [5, 5.41) is 10.1. The van der Waals surface area contributed by atoms with Gasteiger partial charge in [-0.2, -0.15) is 36.4 Å². The molecule has 2 aromatic carbocycles. The Kier molecular flexibility index (Phi) is 9.17. The van der Waals surface area contributed by atoms with Gasteiger partial charge in [0.05, 0.1) is 0 Å². The van der Waals surface area contributed by atoms with Gasteiger partial charge in [0.15, 0.2) is 0 Å². The van der Waals surface area contributed by atoms with Crippen LogP contribution in [0.3, 0.4) is 0 Å². The Morgan fingerprint density at radius 3 is 1.67 bits per heavy atom. The quantitative estimate of drug-likeness (QED) is 0.516. The molecule has 0 aromatic heterocycles. The summed E-state index contributed by atoms with van der Waals surface area (Å²) in [5.74, 6) is 0. The maximum atomic E-state index is 10.1. The summed E-state index contributed by atoms with van der Waals surface area (Å²) in [6.07, 6.45) is 0. The summed E-state index contributed by atoms with van der Waals surface area (Å²) in [4.78, 5) is 0. The van der Waals surface area contributed by atoms with Gasteiger partial charge >= 0.3 is 23.1 Å². The topological polar surface area (TPSA) is 23.1 Å². The zero-order valence-corrected chi connectivity index (χ0v) is 10.0. The molecule has 0 radical (unpaired) electrons. The molecule has 0 saturated carbocycles. The van der Waals surface area contributed by atoms with Gasteiger partial charge in [0.2, 0.25) is 0 Å². The molecule has 0 N–H and O–H groups in total. The Morgan fingerprint density at radius 1 is 0.867 bits per heavy atom. The molecule has 0 unspecified atom stereocenters. The Hall–Kier alpha value is -0.834. The van der Waals surface area contributed by atoms with E-state index in [1.54, 1.807) is 0 Å². The van der Waals surface area contributed by atoms with E-state index in [2.05, 4.69) is 6.07 Å². The molecule has 0 atom stereocenters. The molecule has 0 aliphatic rings. The molecule has 0 amide bonds. The van der Waals surface area contributed by atoms with Crippen LogP contribution < -0.4 is 5.11 Å². The van der Waals surface area contributed by atoms with Crippen LogP contribution in [0.4, 0.5) is 0 Å². The second-order valence-corrected chi connectivity index (χ2v) is 2.71. The summed E-state index contributed by atoms with van der Waals surface area (Å²) < 4.78 is 0. The smallest absolute Gasteiger partial charge is 0.851 e. The van der Waals surface area contributed by atoms with E-state index >= 15 is 0 Å². The Bertz CT molecular complexity index is 294. The fourth-order valence-corrected chi connectivity index (χ4v) is 0.916. The average molecular weight is 209 g/mol. The molecule has 0 saturated heterocycles. The van der Waals surface area contributed by atoms with Gasteiger partial charge in [0.25, 0.3) is 0 Å². The first-order chi connectivity index (χ1) is 6.93. The summed E-state index contributed by atoms with van der Waals surface area (Å²) in [7, 11) is 0. The van der Waals surface area contributed by atoms with E-state index in [0.29, 0.717) is 0 Å². The van der Waals surface area contributed by atoms with Gasteiger partial charge in [0.1, 0.15) is 0 Å². The molecule has 0 bridgehead atoms. The van der Waals surface area contributed by atoms with E-state index < -0.39 is 0 Å². The van der Waals surface area contributed by atoms with Crippen molar-refractivity contribution in [1.82, 2.24) is 0 Å². The molecule has 2 aromatic rings. The fourth-order valence-electron chi connectivity index (χ4n) is 0.916. The first kappa shape index (κ1) is 14.2. The van der Waals surface area contributed by atoms with Crippen molar-refractivity contribution in [2.45, 2.75) is 6.61 Å². The van der Waals surface area contributed by atoms with E-state index in [9.17, 15) is 5.11 Å².